The van der Waals surface area contributed by atoms with Gasteiger partial charge >= 0.3 is 0 Å². The Balaban J connectivity index is 4.84. The molecule has 0 spiro atoms. The molecule has 148 valence electrons. The Morgan fingerprint density at radius 2 is 1.08 bits per heavy atom. The molecule has 0 saturated heterocycles. The highest BCUT2D eigenvalue weighted by atomic mass is 28.4. The summed E-state index contributed by atoms with van der Waals surface area (Å²) < 4.78 is 11.7. The van der Waals surface area contributed by atoms with E-state index in [1.54, 1.807) is 0 Å². The molecule has 0 fully saturated rings. The van der Waals surface area contributed by atoms with Crippen molar-refractivity contribution in [1.82, 2.24) is 0 Å². The van der Waals surface area contributed by atoms with Crippen LogP contribution in [0, 0.1) is 5.41 Å². The van der Waals surface area contributed by atoms with Gasteiger partial charge in [-0.3, -0.25) is 9.59 Å². The van der Waals surface area contributed by atoms with Crippen molar-refractivity contribution in [2.45, 2.75) is 104 Å². The SMILES string of the molecule is CC(C)(CCC(=O)O[Si](C)(C)C(C)(C)C)C(=O)O[Si](C)(C)C(C)(C)C. The largest absolute Gasteiger partial charge is 0.519 e. The van der Waals surface area contributed by atoms with Crippen LogP contribution >= 0.6 is 0 Å². The molecular formula is C19H40O4Si2. The van der Waals surface area contributed by atoms with Crippen molar-refractivity contribution in [1.29, 1.82) is 0 Å². The lowest BCUT2D eigenvalue weighted by Gasteiger charge is -2.38. The maximum Gasteiger partial charge on any atom is 0.298 e. The van der Waals surface area contributed by atoms with Crippen molar-refractivity contribution in [2.75, 3.05) is 0 Å². The maximum atomic E-state index is 12.7. The Labute approximate surface area is 157 Å². The fourth-order valence-corrected chi connectivity index (χ4v) is 3.55. The summed E-state index contributed by atoms with van der Waals surface area (Å²) in [6.45, 7) is 24.6. The van der Waals surface area contributed by atoms with Gasteiger partial charge in [0.1, 0.15) is 0 Å². The van der Waals surface area contributed by atoms with Gasteiger partial charge in [-0.2, -0.15) is 0 Å². The molecule has 0 N–H and O–H groups in total. The molecule has 0 aromatic carbocycles. The van der Waals surface area contributed by atoms with Gasteiger partial charge < -0.3 is 8.85 Å². The van der Waals surface area contributed by atoms with Gasteiger partial charge in [-0.05, 0) is 56.5 Å². The molecule has 25 heavy (non-hydrogen) atoms. The van der Waals surface area contributed by atoms with Crippen LogP contribution in [0.25, 0.3) is 0 Å². The highest BCUT2D eigenvalue weighted by Gasteiger charge is 2.44. The van der Waals surface area contributed by atoms with Gasteiger partial charge in [0.25, 0.3) is 28.6 Å². The minimum atomic E-state index is -2.16. The van der Waals surface area contributed by atoms with E-state index in [0.717, 1.165) is 0 Å². The molecule has 0 bridgehead atoms. The van der Waals surface area contributed by atoms with Crippen LogP contribution in [0.5, 0.6) is 0 Å². The standard InChI is InChI=1S/C19H40O4Si2/c1-17(2,3)24(9,10)22-15(20)13-14-19(7,8)16(21)23-25(11,12)18(4,5)6/h13-14H2,1-12H3. The predicted molar refractivity (Wildman–Crippen MR) is 110 cm³/mol. The van der Waals surface area contributed by atoms with Crippen LogP contribution in [-0.2, 0) is 18.4 Å². The average molecular weight is 389 g/mol. The minimum absolute atomic E-state index is 0.0144. The zero-order chi connectivity index (χ0) is 20.5. The van der Waals surface area contributed by atoms with Crippen LogP contribution in [0.4, 0.5) is 0 Å². The molecule has 6 heteroatoms. The van der Waals surface area contributed by atoms with Crippen LogP contribution < -0.4 is 0 Å². The van der Waals surface area contributed by atoms with Crippen molar-refractivity contribution < 1.29 is 18.4 Å². The average Bonchev–Trinajstić information content (AvgIpc) is 2.32. The van der Waals surface area contributed by atoms with Gasteiger partial charge in [0.05, 0.1) is 5.41 Å². The van der Waals surface area contributed by atoms with Crippen LogP contribution in [-0.4, -0.2) is 28.6 Å². The molecule has 0 aliphatic carbocycles. The summed E-state index contributed by atoms with van der Waals surface area (Å²) in [5.41, 5.74) is -0.692. The van der Waals surface area contributed by atoms with Crippen LogP contribution in [0.15, 0.2) is 0 Å². The third kappa shape index (κ3) is 6.89. The monoisotopic (exact) mass is 388 g/mol. The van der Waals surface area contributed by atoms with Crippen molar-refractivity contribution in [2.24, 2.45) is 5.41 Å². The van der Waals surface area contributed by atoms with Crippen molar-refractivity contribution in [3.05, 3.63) is 0 Å². The number of carbonyl (C=O) groups is 2. The first-order chi connectivity index (χ1) is 10.7. The highest BCUT2D eigenvalue weighted by molar-refractivity contribution is 6.75. The first-order valence-electron chi connectivity index (χ1n) is 9.18. The lowest BCUT2D eigenvalue weighted by Crippen LogP contribution is -2.46. The molecule has 0 saturated carbocycles. The molecule has 0 heterocycles. The van der Waals surface area contributed by atoms with Crippen LogP contribution in [0.1, 0.15) is 68.2 Å². The molecule has 0 aliphatic rings. The third-order valence-corrected chi connectivity index (χ3v) is 14.5. The molecule has 0 atom stereocenters. The highest BCUT2D eigenvalue weighted by Crippen LogP contribution is 2.39. The van der Waals surface area contributed by atoms with Gasteiger partial charge in [-0.15, -0.1) is 0 Å². The van der Waals surface area contributed by atoms with Gasteiger partial charge in [0.15, 0.2) is 0 Å². The quantitative estimate of drug-likeness (QED) is 0.532. The third-order valence-electron chi connectivity index (χ3n) is 5.84. The number of hydrogen-bond acceptors (Lipinski definition) is 4. The molecule has 0 aromatic rings. The van der Waals surface area contributed by atoms with E-state index < -0.39 is 22.0 Å². The summed E-state index contributed by atoms with van der Waals surface area (Å²) in [6.07, 6.45) is 0.681. The molecule has 4 nitrogen and oxygen atoms in total. The first-order valence-corrected chi connectivity index (χ1v) is 15.0. The lowest BCUT2D eigenvalue weighted by molar-refractivity contribution is -0.146. The van der Waals surface area contributed by atoms with Gasteiger partial charge in [0, 0.05) is 6.42 Å². The fraction of sp³-hybridized carbons (Fsp3) is 0.895. The first kappa shape index (κ1) is 24.4. The second-order valence-electron chi connectivity index (χ2n) is 10.8. The van der Waals surface area contributed by atoms with Crippen molar-refractivity contribution in [3.8, 4) is 0 Å². The van der Waals surface area contributed by atoms with E-state index in [4.69, 9.17) is 8.85 Å². The Kier molecular flexibility index (Phi) is 7.36. The Morgan fingerprint density at radius 1 is 0.720 bits per heavy atom. The molecule has 0 amide bonds. The molecular weight excluding hydrogens is 348 g/mol. The van der Waals surface area contributed by atoms with E-state index in [1.165, 1.54) is 0 Å². The summed E-state index contributed by atoms with van der Waals surface area (Å²) in [4.78, 5) is 24.9. The van der Waals surface area contributed by atoms with Crippen LogP contribution in [0.2, 0.25) is 36.3 Å². The topological polar surface area (TPSA) is 52.6 Å². The smallest absolute Gasteiger partial charge is 0.298 e. The Morgan fingerprint density at radius 3 is 1.44 bits per heavy atom. The fourth-order valence-electron chi connectivity index (χ4n) is 1.53. The zero-order valence-electron chi connectivity index (χ0n) is 18.5. The lowest BCUT2D eigenvalue weighted by atomic mass is 9.88. The Hall–Kier alpha value is -0.626. The van der Waals surface area contributed by atoms with Gasteiger partial charge in [-0.1, -0.05) is 41.5 Å². The number of carbonyl (C=O) groups excluding carboxylic acids is 2. The number of rotatable bonds is 6. The minimum Gasteiger partial charge on any atom is -0.519 e. The van der Waals surface area contributed by atoms with Gasteiger partial charge in [0.2, 0.25) is 0 Å². The van der Waals surface area contributed by atoms with E-state index in [1.807, 2.05) is 13.8 Å². The van der Waals surface area contributed by atoms with E-state index >= 15 is 0 Å². The second kappa shape index (κ2) is 7.55. The summed E-state index contributed by atoms with van der Waals surface area (Å²) in [7, 11) is -4.27. The molecule has 0 unspecified atom stereocenters. The summed E-state index contributed by atoms with van der Waals surface area (Å²) >= 11 is 0. The number of hydrogen-bond donors (Lipinski definition) is 0. The molecule has 0 rings (SSSR count). The second-order valence-corrected chi connectivity index (χ2v) is 20.2. The maximum absolute atomic E-state index is 12.7. The van der Waals surface area contributed by atoms with Gasteiger partial charge in [-0.25, -0.2) is 0 Å². The summed E-state index contributed by atoms with van der Waals surface area (Å²) in [6, 6.07) is 0. The zero-order valence-corrected chi connectivity index (χ0v) is 20.5. The van der Waals surface area contributed by atoms with E-state index in [0.29, 0.717) is 6.42 Å². The molecule has 0 radical (unpaired) electrons. The molecule has 0 aromatic heterocycles. The van der Waals surface area contributed by atoms with Crippen molar-refractivity contribution in [3.63, 3.8) is 0 Å². The Bertz CT molecular complexity index is 495. The van der Waals surface area contributed by atoms with E-state index in [9.17, 15) is 9.59 Å². The predicted octanol–water partition coefficient (Wildman–Crippen LogP) is 5.89. The van der Waals surface area contributed by atoms with E-state index in [-0.39, 0.29) is 28.4 Å². The van der Waals surface area contributed by atoms with Crippen molar-refractivity contribution >= 4 is 28.6 Å². The summed E-state index contributed by atoms with van der Waals surface area (Å²) in [5, 5.41) is -0.0422. The van der Waals surface area contributed by atoms with E-state index in [2.05, 4.69) is 67.7 Å². The summed E-state index contributed by atoms with van der Waals surface area (Å²) in [5.74, 6) is -0.418. The molecule has 0 aliphatic heterocycles. The normalized spacial score (nSPS) is 14.2. The van der Waals surface area contributed by atoms with Crippen LogP contribution in [0.3, 0.4) is 0 Å².